The van der Waals surface area contributed by atoms with E-state index in [0.29, 0.717) is 0 Å². The fraction of sp³-hybridized carbons (Fsp3) is 0.250. The maximum Gasteiger partial charge on any atom is 0.0588 e. The minimum absolute atomic E-state index is 0.223. The molecule has 0 aliphatic heterocycles. The van der Waals surface area contributed by atoms with Gasteiger partial charge in [0.05, 0.1) is 6.04 Å². The van der Waals surface area contributed by atoms with E-state index in [9.17, 15) is 0 Å². The molecule has 0 spiro atoms. The summed E-state index contributed by atoms with van der Waals surface area (Å²) in [6.07, 6.45) is 0. The second kappa shape index (κ2) is 5.68. The number of aryl methyl sites for hydroxylation is 2. The van der Waals surface area contributed by atoms with Gasteiger partial charge in [-0.05, 0) is 49.2 Å². The van der Waals surface area contributed by atoms with Gasteiger partial charge in [-0.15, -0.1) is 0 Å². The standard InChI is InChI=1S/C16H18BrN/c1-11-8-9-14(15(17)10-11)16(18-3)13-7-5-4-6-12(13)2/h4-10,16,18H,1-3H3. The predicted molar refractivity (Wildman–Crippen MR) is 81.0 cm³/mol. The van der Waals surface area contributed by atoms with Crippen molar-refractivity contribution in [2.45, 2.75) is 19.9 Å². The molecule has 2 aromatic carbocycles. The highest BCUT2D eigenvalue weighted by atomic mass is 79.9. The summed E-state index contributed by atoms with van der Waals surface area (Å²) >= 11 is 3.67. The third-order valence-electron chi connectivity index (χ3n) is 3.26. The van der Waals surface area contributed by atoms with E-state index < -0.39 is 0 Å². The van der Waals surface area contributed by atoms with Crippen LogP contribution in [0.3, 0.4) is 0 Å². The Kier molecular flexibility index (Phi) is 4.20. The van der Waals surface area contributed by atoms with Crippen LogP contribution in [0.15, 0.2) is 46.9 Å². The van der Waals surface area contributed by atoms with E-state index in [1.54, 1.807) is 0 Å². The van der Waals surface area contributed by atoms with Gasteiger partial charge in [0.25, 0.3) is 0 Å². The van der Waals surface area contributed by atoms with E-state index in [1.807, 2.05) is 7.05 Å². The second-order valence-corrected chi connectivity index (χ2v) is 5.46. The fourth-order valence-corrected chi connectivity index (χ4v) is 2.98. The molecule has 0 bridgehead atoms. The lowest BCUT2D eigenvalue weighted by Gasteiger charge is -2.21. The molecule has 18 heavy (non-hydrogen) atoms. The molecule has 2 heteroatoms. The maximum absolute atomic E-state index is 3.67. The fourth-order valence-electron chi connectivity index (χ4n) is 2.26. The van der Waals surface area contributed by atoms with Gasteiger partial charge in [-0.2, -0.15) is 0 Å². The van der Waals surface area contributed by atoms with E-state index in [2.05, 4.69) is 77.6 Å². The number of nitrogens with one attached hydrogen (secondary N) is 1. The molecule has 94 valence electrons. The van der Waals surface area contributed by atoms with Crippen molar-refractivity contribution in [3.63, 3.8) is 0 Å². The van der Waals surface area contributed by atoms with Gasteiger partial charge in [0.1, 0.15) is 0 Å². The SMILES string of the molecule is CNC(c1ccccc1C)c1ccc(C)cc1Br. The lowest BCUT2D eigenvalue weighted by Crippen LogP contribution is -2.19. The van der Waals surface area contributed by atoms with Crippen LogP contribution in [-0.4, -0.2) is 7.05 Å². The smallest absolute Gasteiger partial charge is 0.0588 e. The van der Waals surface area contributed by atoms with Crippen molar-refractivity contribution in [1.29, 1.82) is 0 Å². The summed E-state index contributed by atoms with van der Waals surface area (Å²) in [6.45, 7) is 4.26. The summed E-state index contributed by atoms with van der Waals surface area (Å²) in [5.41, 5.74) is 5.18. The van der Waals surface area contributed by atoms with Crippen molar-refractivity contribution in [3.05, 3.63) is 69.2 Å². The number of benzene rings is 2. The number of hydrogen-bond donors (Lipinski definition) is 1. The van der Waals surface area contributed by atoms with E-state index in [1.165, 1.54) is 22.3 Å². The Bertz CT molecular complexity index is 549. The average molecular weight is 304 g/mol. The minimum atomic E-state index is 0.223. The van der Waals surface area contributed by atoms with E-state index in [4.69, 9.17) is 0 Å². The quantitative estimate of drug-likeness (QED) is 0.887. The van der Waals surface area contributed by atoms with E-state index >= 15 is 0 Å². The normalized spacial score (nSPS) is 12.4. The lowest BCUT2D eigenvalue weighted by atomic mass is 9.94. The van der Waals surface area contributed by atoms with Crippen molar-refractivity contribution in [3.8, 4) is 0 Å². The van der Waals surface area contributed by atoms with Crippen molar-refractivity contribution >= 4 is 15.9 Å². The molecule has 0 saturated carbocycles. The Morgan fingerprint density at radius 3 is 2.33 bits per heavy atom. The van der Waals surface area contributed by atoms with Crippen LogP contribution in [0, 0.1) is 13.8 Å². The molecule has 1 N–H and O–H groups in total. The zero-order valence-electron chi connectivity index (χ0n) is 11.0. The largest absolute Gasteiger partial charge is 0.309 e. The monoisotopic (exact) mass is 303 g/mol. The van der Waals surface area contributed by atoms with Gasteiger partial charge in [-0.1, -0.05) is 52.3 Å². The predicted octanol–water partition coefficient (Wildman–Crippen LogP) is 4.37. The Morgan fingerprint density at radius 2 is 1.72 bits per heavy atom. The topological polar surface area (TPSA) is 12.0 Å². The van der Waals surface area contributed by atoms with Crippen molar-refractivity contribution in [2.24, 2.45) is 0 Å². The second-order valence-electron chi connectivity index (χ2n) is 4.60. The van der Waals surface area contributed by atoms with Gasteiger partial charge >= 0.3 is 0 Å². The van der Waals surface area contributed by atoms with Gasteiger partial charge in [-0.3, -0.25) is 0 Å². The number of hydrogen-bond acceptors (Lipinski definition) is 1. The zero-order valence-corrected chi connectivity index (χ0v) is 12.6. The Morgan fingerprint density at radius 1 is 1.00 bits per heavy atom. The van der Waals surface area contributed by atoms with Crippen molar-refractivity contribution in [2.75, 3.05) is 7.05 Å². The van der Waals surface area contributed by atoms with Crippen LogP contribution < -0.4 is 5.32 Å². The van der Waals surface area contributed by atoms with Gasteiger partial charge in [0.15, 0.2) is 0 Å². The first kappa shape index (κ1) is 13.3. The van der Waals surface area contributed by atoms with Crippen LogP contribution in [0.25, 0.3) is 0 Å². The van der Waals surface area contributed by atoms with Gasteiger partial charge in [-0.25, -0.2) is 0 Å². The highest BCUT2D eigenvalue weighted by Gasteiger charge is 2.16. The molecular weight excluding hydrogens is 286 g/mol. The lowest BCUT2D eigenvalue weighted by molar-refractivity contribution is 0.684. The molecule has 0 saturated heterocycles. The molecule has 0 amide bonds. The van der Waals surface area contributed by atoms with Gasteiger partial charge in [0.2, 0.25) is 0 Å². The molecule has 1 atom stereocenters. The van der Waals surface area contributed by atoms with Crippen LogP contribution in [0.5, 0.6) is 0 Å². The number of rotatable bonds is 3. The highest BCUT2D eigenvalue weighted by Crippen LogP contribution is 2.30. The molecule has 0 aromatic heterocycles. The molecule has 1 unspecified atom stereocenters. The highest BCUT2D eigenvalue weighted by molar-refractivity contribution is 9.10. The molecule has 0 aliphatic rings. The van der Waals surface area contributed by atoms with Crippen LogP contribution in [0.1, 0.15) is 28.3 Å². The van der Waals surface area contributed by atoms with E-state index in [0.717, 1.165) is 4.47 Å². The molecule has 0 aliphatic carbocycles. The molecule has 0 heterocycles. The Hall–Kier alpha value is -1.12. The van der Waals surface area contributed by atoms with Crippen molar-refractivity contribution in [1.82, 2.24) is 5.32 Å². The average Bonchev–Trinajstić information content (AvgIpc) is 2.34. The summed E-state index contributed by atoms with van der Waals surface area (Å²) in [6, 6.07) is 15.2. The maximum atomic E-state index is 3.67. The summed E-state index contributed by atoms with van der Waals surface area (Å²) in [4.78, 5) is 0. The first-order valence-corrected chi connectivity index (χ1v) is 6.91. The first-order valence-electron chi connectivity index (χ1n) is 6.12. The van der Waals surface area contributed by atoms with Gasteiger partial charge < -0.3 is 5.32 Å². The third kappa shape index (κ3) is 2.65. The van der Waals surface area contributed by atoms with Crippen LogP contribution >= 0.6 is 15.9 Å². The molecule has 2 aromatic rings. The van der Waals surface area contributed by atoms with Crippen molar-refractivity contribution < 1.29 is 0 Å². The number of halogens is 1. The summed E-state index contributed by atoms with van der Waals surface area (Å²) in [5.74, 6) is 0. The van der Waals surface area contributed by atoms with Crippen LogP contribution in [0.2, 0.25) is 0 Å². The molecule has 2 rings (SSSR count). The minimum Gasteiger partial charge on any atom is -0.309 e. The molecule has 1 nitrogen and oxygen atoms in total. The summed E-state index contributed by atoms with van der Waals surface area (Å²) in [5, 5.41) is 3.41. The summed E-state index contributed by atoms with van der Waals surface area (Å²) < 4.78 is 1.16. The van der Waals surface area contributed by atoms with E-state index in [-0.39, 0.29) is 6.04 Å². The molecular formula is C16H18BrN. The van der Waals surface area contributed by atoms with Crippen LogP contribution in [0.4, 0.5) is 0 Å². The third-order valence-corrected chi connectivity index (χ3v) is 3.94. The Labute approximate surface area is 117 Å². The molecule has 0 fully saturated rings. The first-order chi connectivity index (χ1) is 8.63. The van der Waals surface area contributed by atoms with Crippen LogP contribution in [-0.2, 0) is 0 Å². The Balaban J connectivity index is 2.49. The zero-order chi connectivity index (χ0) is 13.1. The summed E-state index contributed by atoms with van der Waals surface area (Å²) in [7, 11) is 2.00. The van der Waals surface area contributed by atoms with Gasteiger partial charge in [0, 0.05) is 4.47 Å². The molecule has 0 radical (unpaired) electrons.